The van der Waals surface area contributed by atoms with Gasteiger partial charge in [0.25, 0.3) is 15.9 Å². The Kier molecular flexibility index (Phi) is 5.59. The summed E-state index contributed by atoms with van der Waals surface area (Å²) in [5, 5.41) is 3.03. The molecular formula is C16H20N4O6S3. The lowest BCUT2D eigenvalue weighted by atomic mass is 10.2. The topological polar surface area (TPSA) is 125 Å². The van der Waals surface area contributed by atoms with Crippen LogP contribution in [0, 0.1) is 0 Å². The van der Waals surface area contributed by atoms with Crippen molar-refractivity contribution in [2.45, 2.75) is 4.90 Å². The Morgan fingerprint density at radius 2 is 2.00 bits per heavy atom. The first-order valence-corrected chi connectivity index (χ1v) is 13.0. The predicted molar refractivity (Wildman–Crippen MR) is 109 cm³/mol. The average Bonchev–Trinajstić information content (AvgIpc) is 3.03. The summed E-state index contributed by atoms with van der Waals surface area (Å²) in [6, 6.07) is 5.05. The van der Waals surface area contributed by atoms with Gasteiger partial charge in [0.15, 0.2) is 5.17 Å². The number of hydrogen-bond acceptors (Lipinski definition) is 8. The molecule has 0 bridgehead atoms. The van der Waals surface area contributed by atoms with Gasteiger partial charge in [-0.2, -0.15) is 4.31 Å². The van der Waals surface area contributed by atoms with E-state index >= 15 is 0 Å². The van der Waals surface area contributed by atoms with Gasteiger partial charge >= 0.3 is 0 Å². The summed E-state index contributed by atoms with van der Waals surface area (Å²) in [6.07, 6.45) is 0. The molecule has 13 heteroatoms. The molecule has 1 N–H and O–H groups in total. The number of amidine groups is 1. The Hall–Kier alpha value is -1.67. The number of rotatable bonds is 5. The van der Waals surface area contributed by atoms with Crippen molar-refractivity contribution in [2.75, 3.05) is 55.8 Å². The maximum atomic E-state index is 12.4. The van der Waals surface area contributed by atoms with Crippen LogP contribution in [0.4, 0.5) is 5.69 Å². The van der Waals surface area contributed by atoms with Crippen molar-refractivity contribution >= 4 is 48.6 Å². The fourth-order valence-corrected chi connectivity index (χ4v) is 6.84. The van der Waals surface area contributed by atoms with E-state index in [1.54, 1.807) is 18.2 Å². The van der Waals surface area contributed by atoms with Gasteiger partial charge in [0.1, 0.15) is 0 Å². The standard InChI is InChI=1S/C16H20N4O6S3/c21-15(17-3-9-29(24,25)19-4-7-26-8-5-19)12-1-2-13-14(11-12)27-16-18-28(22,23)10-6-20(13)16/h1-2,11H,3-10H2,(H,17,21). The zero-order valence-electron chi connectivity index (χ0n) is 15.4. The van der Waals surface area contributed by atoms with E-state index < -0.39 is 20.0 Å². The number of nitrogens with one attached hydrogen (secondary N) is 1. The molecule has 29 heavy (non-hydrogen) atoms. The smallest absolute Gasteiger partial charge is 0.257 e. The number of carbonyl (C=O) groups excluding carboxylic acids is 1. The highest BCUT2D eigenvalue weighted by molar-refractivity contribution is 8.15. The number of ether oxygens (including phenoxy) is 1. The Labute approximate surface area is 173 Å². The van der Waals surface area contributed by atoms with Crippen LogP contribution in [0.15, 0.2) is 27.5 Å². The van der Waals surface area contributed by atoms with Crippen molar-refractivity contribution in [3.05, 3.63) is 23.8 Å². The molecule has 1 aromatic rings. The summed E-state index contributed by atoms with van der Waals surface area (Å²) in [7, 11) is -6.88. The molecule has 3 heterocycles. The van der Waals surface area contributed by atoms with Crippen molar-refractivity contribution < 1.29 is 26.4 Å². The molecule has 10 nitrogen and oxygen atoms in total. The molecule has 0 saturated carbocycles. The van der Waals surface area contributed by atoms with Crippen molar-refractivity contribution in [1.29, 1.82) is 0 Å². The summed E-state index contributed by atoms with van der Waals surface area (Å²) in [4.78, 5) is 15.0. The quantitative estimate of drug-likeness (QED) is 0.634. The zero-order chi connectivity index (χ0) is 20.6. The molecule has 0 aliphatic carbocycles. The van der Waals surface area contributed by atoms with Crippen LogP contribution >= 0.6 is 11.8 Å². The summed E-state index contributed by atoms with van der Waals surface area (Å²) in [6.45, 7) is 1.73. The number of fused-ring (bicyclic) bond motifs is 3. The third-order valence-corrected chi connectivity index (χ3v) is 8.92. The molecule has 0 atom stereocenters. The summed E-state index contributed by atoms with van der Waals surface area (Å²) in [5.41, 5.74) is 1.19. The van der Waals surface area contributed by atoms with E-state index in [0.717, 1.165) is 10.6 Å². The van der Waals surface area contributed by atoms with Crippen LogP contribution in [0.2, 0.25) is 0 Å². The lowest BCUT2D eigenvalue weighted by molar-refractivity contribution is 0.0730. The molecule has 3 aliphatic heterocycles. The molecule has 1 amide bonds. The number of amides is 1. The molecular weight excluding hydrogens is 440 g/mol. The molecule has 1 saturated heterocycles. The molecule has 3 aliphatic rings. The van der Waals surface area contributed by atoms with E-state index in [9.17, 15) is 21.6 Å². The third kappa shape index (κ3) is 4.43. The highest BCUT2D eigenvalue weighted by Gasteiger charge is 2.33. The zero-order valence-corrected chi connectivity index (χ0v) is 17.9. The number of sulfonamides is 2. The minimum atomic E-state index is -3.44. The van der Waals surface area contributed by atoms with Gasteiger partial charge in [0.05, 0.1) is 30.4 Å². The van der Waals surface area contributed by atoms with Crippen LogP contribution < -0.4 is 10.2 Å². The van der Waals surface area contributed by atoms with Gasteiger partial charge in [-0.25, -0.2) is 16.8 Å². The molecule has 0 unspecified atom stereocenters. The van der Waals surface area contributed by atoms with E-state index in [4.69, 9.17) is 4.74 Å². The Bertz CT molecular complexity index is 1060. The molecule has 0 aromatic heterocycles. The highest BCUT2D eigenvalue weighted by Crippen LogP contribution is 2.42. The van der Waals surface area contributed by atoms with Crippen LogP contribution in [-0.4, -0.2) is 83.1 Å². The SMILES string of the molecule is O=C(NCCS(=O)(=O)N1CCOCC1)c1ccc2c(c1)SC1=NS(=O)(=O)CCN12. The number of anilines is 1. The van der Waals surface area contributed by atoms with Crippen molar-refractivity contribution in [1.82, 2.24) is 9.62 Å². The lowest BCUT2D eigenvalue weighted by Crippen LogP contribution is -2.43. The largest absolute Gasteiger partial charge is 0.379 e. The van der Waals surface area contributed by atoms with Crippen LogP contribution in [0.5, 0.6) is 0 Å². The normalized spacial score (nSPS) is 21.2. The van der Waals surface area contributed by atoms with E-state index in [2.05, 4.69) is 9.71 Å². The van der Waals surface area contributed by atoms with E-state index in [0.29, 0.717) is 43.6 Å². The van der Waals surface area contributed by atoms with Crippen LogP contribution in [0.3, 0.4) is 0 Å². The number of benzene rings is 1. The fourth-order valence-electron chi connectivity index (χ4n) is 3.22. The molecule has 1 fully saturated rings. The second kappa shape index (κ2) is 7.87. The lowest BCUT2D eigenvalue weighted by Gasteiger charge is -2.26. The van der Waals surface area contributed by atoms with Crippen LogP contribution in [-0.2, 0) is 24.8 Å². The Morgan fingerprint density at radius 3 is 2.76 bits per heavy atom. The fraction of sp³-hybridized carbons (Fsp3) is 0.500. The molecule has 158 valence electrons. The molecule has 0 radical (unpaired) electrons. The summed E-state index contributed by atoms with van der Waals surface area (Å²) < 4.78 is 58.3. The number of nitrogens with zero attached hydrogens (tertiary/aromatic N) is 3. The van der Waals surface area contributed by atoms with Gasteiger partial charge in [0.2, 0.25) is 10.0 Å². The van der Waals surface area contributed by atoms with Gasteiger partial charge in [-0.15, -0.1) is 4.40 Å². The van der Waals surface area contributed by atoms with Crippen molar-refractivity contribution in [2.24, 2.45) is 4.40 Å². The number of morpholine rings is 1. The van der Waals surface area contributed by atoms with Crippen molar-refractivity contribution in [3.8, 4) is 0 Å². The average molecular weight is 461 g/mol. The number of carbonyl (C=O) groups is 1. The van der Waals surface area contributed by atoms with Gasteiger partial charge in [0, 0.05) is 36.6 Å². The van der Waals surface area contributed by atoms with Gasteiger partial charge in [-0.05, 0) is 30.0 Å². The van der Waals surface area contributed by atoms with E-state index in [1.807, 2.05) is 4.90 Å². The van der Waals surface area contributed by atoms with Crippen molar-refractivity contribution in [3.63, 3.8) is 0 Å². The molecule has 1 aromatic carbocycles. The highest BCUT2D eigenvalue weighted by atomic mass is 32.2. The first-order valence-electron chi connectivity index (χ1n) is 9.01. The van der Waals surface area contributed by atoms with Gasteiger partial charge < -0.3 is 15.0 Å². The van der Waals surface area contributed by atoms with Gasteiger partial charge in [-0.1, -0.05) is 0 Å². The number of thioether (sulfide) groups is 1. The van der Waals surface area contributed by atoms with E-state index in [-0.39, 0.29) is 24.0 Å². The minimum Gasteiger partial charge on any atom is -0.379 e. The first-order chi connectivity index (χ1) is 13.8. The molecule has 4 rings (SSSR count). The van der Waals surface area contributed by atoms with E-state index in [1.165, 1.54) is 16.1 Å². The Morgan fingerprint density at radius 1 is 1.24 bits per heavy atom. The van der Waals surface area contributed by atoms with Gasteiger partial charge in [-0.3, -0.25) is 4.79 Å². The maximum Gasteiger partial charge on any atom is 0.257 e. The summed E-state index contributed by atoms with van der Waals surface area (Å²) >= 11 is 1.20. The Balaban J connectivity index is 1.39. The second-order valence-corrected chi connectivity index (χ2v) is 11.5. The predicted octanol–water partition coefficient (Wildman–Crippen LogP) is -0.310. The minimum absolute atomic E-state index is 0.000170. The monoisotopic (exact) mass is 460 g/mol. The summed E-state index contributed by atoms with van der Waals surface area (Å²) in [5.74, 6) is -0.609. The molecule has 0 spiro atoms. The maximum absolute atomic E-state index is 12.4. The first kappa shape index (κ1) is 20.6. The second-order valence-electron chi connectivity index (χ2n) is 6.68. The van der Waals surface area contributed by atoms with Crippen LogP contribution in [0.25, 0.3) is 0 Å². The third-order valence-electron chi connectivity index (χ3n) is 4.74. The van der Waals surface area contributed by atoms with Crippen LogP contribution in [0.1, 0.15) is 10.4 Å². The number of hydrogen-bond donors (Lipinski definition) is 1.